The quantitative estimate of drug-likeness (QED) is 0.753. The van der Waals surface area contributed by atoms with Gasteiger partial charge in [-0.3, -0.25) is 0 Å². The number of nitrogens with zero attached hydrogens (tertiary/aromatic N) is 3. The van der Waals surface area contributed by atoms with E-state index in [1.54, 1.807) is 11.3 Å². The standard InChI is InChI=1S/C18H20N4S/c1-10-14-13-8-9-19-17(21-12-4-2-3-5-12)15(13)23-18(14)22-16(20-10)11-6-7-11/h8-9,11-12H,2-7H2,1H3,(H,19,21). The van der Waals surface area contributed by atoms with Crippen LogP contribution in [0.3, 0.4) is 0 Å². The number of anilines is 1. The number of pyridine rings is 1. The monoisotopic (exact) mass is 324 g/mol. The Morgan fingerprint density at radius 2 is 1.96 bits per heavy atom. The fourth-order valence-corrected chi connectivity index (χ4v) is 4.87. The zero-order valence-corrected chi connectivity index (χ0v) is 14.1. The summed E-state index contributed by atoms with van der Waals surface area (Å²) in [6.45, 7) is 2.12. The van der Waals surface area contributed by atoms with Crippen LogP contribution in [0.15, 0.2) is 12.3 Å². The summed E-state index contributed by atoms with van der Waals surface area (Å²) in [6, 6.07) is 2.69. The highest BCUT2D eigenvalue weighted by atomic mass is 32.1. The number of aryl methyl sites for hydroxylation is 1. The van der Waals surface area contributed by atoms with E-state index < -0.39 is 0 Å². The molecule has 2 aliphatic carbocycles. The maximum absolute atomic E-state index is 4.86. The highest BCUT2D eigenvalue weighted by Crippen LogP contribution is 2.42. The van der Waals surface area contributed by atoms with E-state index in [0.29, 0.717) is 12.0 Å². The van der Waals surface area contributed by atoms with Crippen LogP contribution in [-0.4, -0.2) is 21.0 Å². The predicted molar refractivity (Wildman–Crippen MR) is 95.3 cm³/mol. The number of hydrogen-bond acceptors (Lipinski definition) is 5. The van der Waals surface area contributed by atoms with E-state index in [9.17, 15) is 0 Å². The van der Waals surface area contributed by atoms with Gasteiger partial charge in [0.2, 0.25) is 0 Å². The van der Waals surface area contributed by atoms with Gasteiger partial charge in [-0.1, -0.05) is 12.8 Å². The van der Waals surface area contributed by atoms with Crippen molar-refractivity contribution in [3.05, 3.63) is 23.8 Å². The molecule has 3 heterocycles. The van der Waals surface area contributed by atoms with E-state index in [-0.39, 0.29) is 0 Å². The predicted octanol–water partition coefficient (Wildman–Crippen LogP) is 4.78. The summed E-state index contributed by atoms with van der Waals surface area (Å²) in [5.41, 5.74) is 1.11. The van der Waals surface area contributed by atoms with E-state index in [4.69, 9.17) is 9.97 Å². The molecule has 3 aromatic heterocycles. The van der Waals surface area contributed by atoms with Crippen molar-refractivity contribution in [2.75, 3.05) is 5.32 Å². The van der Waals surface area contributed by atoms with Crippen molar-refractivity contribution in [1.82, 2.24) is 15.0 Å². The van der Waals surface area contributed by atoms with Gasteiger partial charge in [-0.25, -0.2) is 15.0 Å². The lowest BCUT2D eigenvalue weighted by atomic mass is 10.2. The molecule has 4 nitrogen and oxygen atoms in total. The normalized spacial score (nSPS) is 19.0. The second kappa shape index (κ2) is 5.13. The Morgan fingerprint density at radius 3 is 2.74 bits per heavy atom. The highest BCUT2D eigenvalue weighted by molar-refractivity contribution is 7.26. The van der Waals surface area contributed by atoms with Crippen LogP contribution >= 0.6 is 11.3 Å². The zero-order chi connectivity index (χ0) is 15.4. The lowest BCUT2D eigenvalue weighted by Gasteiger charge is -2.12. The second-order valence-corrected chi connectivity index (χ2v) is 7.88. The SMILES string of the molecule is Cc1nc(C2CC2)nc2sc3c(NC4CCCC4)nccc3c12. The average Bonchev–Trinajstić information content (AvgIpc) is 3.13. The van der Waals surface area contributed by atoms with Crippen LogP contribution in [0.4, 0.5) is 5.82 Å². The topological polar surface area (TPSA) is 50.7 Å². The first-order chi connectivity index (χ1) is 11.3. The molecule has 2 aliphatic rings. The van der Waals surface area contributed by atoms with Crippen LogP contribution in [-0.2, 0) is 0 Å². The van der Waals surface area contributed by atoms with Crippen LogP contribution in [0, 0.1) is 6.92 Å². The zero-order valence-electron chi connectivity index (χ0n) is 13.3. The Hall–Kier alpha value is -1.75. The van der Waals surface area contributed by atoms with Crippen LogP contribution in [0.2, 0.25) is 0 Å². The van der Waals surface area contributed by atoms with Crippen LogP contribution in [0.25, 0.3) is 20.3 Å². The molecule has 1 N–H and O–H groups in total. The molecule has 5 rings (SSSR count). The van der Waals surface area contributed by atoms with Crippen LogP contribution in [0.5, 0.6) is 0 Å². The summed E-state index contributed by atoms with van der Waals surface area (Å²) in [5.74, 6) is 2.67. The van der Waals surface area contributed by atoms with Gasteiger partial charge in [-0.2, -0.15) is 0 Å². The van der Waals surface area contributed by atoms with Crippen LogP contribution < -0.4 is 5.32 Å². The molecule has 3 aromatic rings. The van der Waals surface area contributed by atoms with E-state index in [0.717, 1.165) is 22.2 Å². The van der Waals surface area contributed by atoms with E-state index in [1.807, 2.05) is 6.20 Å². The number of thiophene rings is 1. The molecule has 2 fully saturated rings. The molecule has 0 atom stereocenters. The molecule has 0 aromatic carbocycles. The Labute approximate surface area is 139 Å². The molecule has 2 saturated carbocycles. The van der Waals surface area contributed by atoms with Crippen LogP contribution in [0.1, 0.15) is 56.0 Å². The minimum atomic E-state index is 0.576. The molecular formula is C18H20N4S. The first-order valence-corrected chi connectivity index (χ1v) is 9.43. The Kier molecular flexibility index (Phi) is 3.05. The minimum Gasteiger partial charge on any atom is -0.366 e. The van der Waals surface area contributed by atoms with Crippen molar-refractivity contribution in [3.63, 3.8) is 0 Å². The molecule has 0 spiro atoms. The smallest absolute Gasteiger partial charge is 0.144 e. The van der Waals surface area contributed by atoms with Gasteiger partial charge in [0.25, 0.3) is 0 Å². The summed E-state index contributed by atoms with van der Waals surface area (Å²) >= 11 is 1.77. The molecule has 0 unspecified atom stereocenters. The van der Waals surface area contributed by atoms with Crippen molar-refractivity contribution in [2.24, 2.45) is 0 Å². The summed E-state index contributed by atoms with van der Waals surface area (Å²) in [5, 5.41) is 6.13. The summed E-state index contributed by atoms with van der Waals surface area (Å²) in [6.07, 6.45) is 9.57. The van der Waals surface area contributed by atoms with E-state index >= 15 is 0 Å². The largest absolute Gasteiger partial charge is 0.366 e. The van der Waals surface area contributed by atoms with Gasteiger partial charge in [0.1, 0.15) is 16.5 Å². The number of hydrogen-bond donors (Lipinski definition) is 1. The van der Waals surface area contributed by atoms with Crippen molar-refractivity contribution in [3.8, 4) is 0 Å². The fraction of sp³-hybridized carbons (Fsp3) is 0.500. The molecule has 5 heteroatoms. The van der Waals surface area contributed by atoms with Crippen molar-refractivity contribution >= 4 is 37.5 Å². The summed E-state index contributed by atoms with van der Waals surface area (Å²) in [7, 11) is 0. The lowest BCUT2D eigenvalue weighted by Crippen LogP contribution is -2.15. The Bertz CT molecular complexity index is 891. The molecular weight excluding hydrogens is 304 g/mol. The molecule has 0 radical (unpaired) electrons. The molecule has 0 amide bonds. The third-order valence-corrected chi connectivity index (χ3v) is 6.19. The van der Waals surface area contributed by atoms with E-state index in [1.165, 1.54) is 54.0 Å². The van der Waals surface area contributed by atoms with Gasteiger partial charge < -0.3 is 5.32 Å². The van der Waals surface area contributed by atoms with Gasteiger partial charge >= 0.3 is 0 Å². The third-order valence-electron chi connectivity index (χ3n) is 5.09. The number of aromatic nitrogens is 3. The second-order valence-electron chi connectivity index (χ2n) is 6.89. The summed E-state index contributed by atoms with van der Waals surface area (Å²) < 4.78 is 1.24. The number of nitrogens with one attached hydrogen (secondary N) is 1. The van der Waals surface area contributed by atoms with Crippen molar-refractivity contribution in [2.45, 2.75) is 57.4 Å². The molecule has 118 valence electrons. The number of rotatable bonds is 3. The molecule has 0 aliphatic heterocycles. The number of fused-ring (bicyclic) bond motifs is 3. The summed E-state index contributed by atoms with van der Waals surface area (Å²) in [4.78, 5) is 15.4. The van der Waals surface area contributed by atoms with Gasteiger partial charge in [-0.15, -0.1) is 11.3 Å². The van der Waals surface area contributed by atoms with Gasteiger partial charge in [0.15, 0.2) is 0 Å². The van der Waals surface area contributed by atoms with Gasteiger partial charge in [-0.05, 0) is 38.7 Å². The maximum Gasteiger partial charge on any atom is 0.144 e. The first-order valence-electron chi connectivity index (χ1n) is 8.62. The molecule has 23 heavy (non-hydrogen) atoms. The molecule has 0 saturated heterocycles. The van der Waals surface area contributed by atoms with Crippen molar-refractivity contribution in [1.29, 1.82) is 0 Å². The van der Waals surface area contributed by atoms with Gasteiger partial charge in [0.05, 0.1) is 10.4 Å². The average molecular weight is 324 g/mol. The minimum absolute atomic E-state index is 0.576. The molecule has 0 bridgehead atoms. The Balaban J connectivity index is 1.67. The Morgan fingerprint density at radius 1 is 1.13 bits per heavy atom. The maximum atomic E-state index is 4.86. The third kappa shape index (κ3) is 2.29. The van der Waals surface area contributed by atoms with Crippen molar-refractivity contribution < 1.29 is 0 Å². The highest BCUT2D eigenvalue weighted by Gasteiger charge is 2.28. The lowest BCUT2D eigenvalue weighted by molar-refractivity contribution is 0.752. The van der Waals surface area contributed by atoms with Gasteiger partial charge in [0, 0.05) is 28.9 Å². The first kappa shape index (κ1) is 13.7. The fourth-order valence-electron chi connectivity index (χ4n) is 3.69. The van der Waals surface area contributed by atoms with E-state index in [2.05, 4.69) is 23.3 Å².